The molecular weight excluding hydrogens is 383 g/mol. The highest BCUT2D eigenvalue weighted by Crippen LogP contribution is 2.18. The lowest BCUT2D eigenvalue weighted by Crippen LogP contribution is -2.39. The van der Waals surface area contributed by atoms with Crippen molar-refractivity contribution < 1.29 is 13.2 Å². The predicted molar refractivity (Wildman–Crippen MR) is 99.3 cm³/mol. The van der Waals surface area contributed by atoms with E-state index in [1.54, 1.807) is 24.3 Å². The molecule has 0 aliphatic heterocycles. The molecule has 0 heterocycles. The maximum absolute atomic E-state index is 12.5. The Hall–Kier alpha value is -1.60. The molecule has 0 unspecified atom stereocenters. The first-order valence-corrected chi connectivity index (χ1v) is 9.66. The monoisotopic (exact) mass is 400 g/mol. The van der Waals surface area contributed by atoms with Crippen LogP contribution in [0.3, 0.4) is 0 Å². The highest BCUT2D eigenvalue weighted by atomic mass is 35.5. The van der Waals surface area contributed by atoms with Gasteiger partial charge in [0.25, 0.3) is 0 Å². The number of hydrogen-bond donors (Lipinski definition) is 1. The van der Waals surface area contributed by atoms with Crippen molar-refractivity contribution in [2.45, 2.75) is 17.9 Å². The highest BCUT2D eigenvalue weighted by Gasteiger charge is 2.23. The van der Waals surface area contributed by atoms with E-state index in [9.17, 15) is 13.2 Å². The zero-order valence-corrected chi connectivity index (χ0v) is 16.1. The van der Waals surface area contributed by atoms with E-state index in [-0.39, 0.29) is 17.5 Å². The van der Waals surface area contributed by atoms with Gasteiger partial charge in [-0.15, -0.1) is 0 Å². The molecule has 0 radical (unpaired) electrons. The van der Waals surface area contributed by atoms with Gasteiger partial charge in [-0.3, -0.25) is 4.79 Å². The molecule has 0 bridgehead atoms. The second kappa shape index (κ2) is 8.19. The lowest BCUT2D eigenvalue weighted by Gasteiger charge is -2.19. The molecule has 1 N–H and O–H groups in total. The number of likely N-dealkylation sites (N-methyl/N-ethyl adjacent to an activating group) is 1. The molecule has 0 spiro atoms. The van der Waals surface area contributed by atoms with Gasteiger partial charge in [0.05, 0.1) is 17.5 Å². The van der Waals surface area contributed by atoms with Crippen LogP contribution >= 0.6 is 23.2 Å². The number of rotatable bonds is 6. The number of sulfonamides is 1. The van der Waals surface area contributed by atoms with Crippen LogP contribution in [0.25, 0.3) is 0 Å². The Labute approximate surface area is 157 Å². The summed E-state index contributed by atoms with van der Waals surface area (Å²) < 4.78 is 25.9. The molecule has 1 amide bonds. The smallest absolute Gasteiger partial charge is 0.243 e. The number of nitrogens with one attached hydrogen (secondary N) is 1. The number of carbonyl (C=O) groups excluding carboxylic acids is 1. The molecule has 0 saturated carbocycles. The van der Waals surface area contributed by atoms with Gasteiger partial charge in [-0.25, -0.2) is 8.42 Å². The molecular formula is C17H18Cl2N2O3S. The lowest BCUT2D eigenvalue weighted by atomic mass is 10.1. The number of nitrogens with zero attached hydrogens (tertiary/aromatic N) is 1. The predicted octanol–water partition coefficient (Wildman–Crippen LogP) is 3.49. The summed E-state index contributed by atoms with van der Waals surface area (Å²) in [5.74, 6) is -0.400. The molecule has 0 saturated heterocycles. The van der Waals surface area contributed by atoms with E-state index in [0.29, 0.717) is 10.0 Å². The Kier molecular flexibility index (Phi) is 6.46. The molecule has 2 aromatic rings. The highest BCUT2D eigenvalue weighted by molar-refractivity contribution is 7.89. The normalized spacial score (nSPS) is 12.8. The summed E-state index contributed by atoms with van der Waals surface area (Å²) in [5, 5.41) is 3.82. The average Bonchev–Trinajstić information content (AvgIpc) is 2.55. The van der Waals surface area contributed by atoms with E-state index in [4.69, 9.17) is 23.2 Å². The summed E-state index contributed by atoms with van der Waals surface area (Å²) in [7, 11) is -2.40. The molecule has 0 aromatic heterocycles. The molecule has 0 fully saturated rings. The molecule has 8 heteroatoms. The average molecular weight is 401 g/mol. The maximum atomic E-state index is 12.5. The van der Waals surface area contributed by atoms with Crippen molar-refractivity contribution in [3.8, 4) is 0 Å². The van der Waals surface area contributed by atoms with Crippen LogP contribution in [-0.2, 0) is 14.8 Å². The van der Waals surface area contributed by atoms with Gasteiger partial charge in [-0.05, 0) is 48.9 Å². The van der Waals surface area contributed by atoms with Crippen LogP contribution in [0.1, 0.15) is 18.5 Å². The van der Waals surface area contributed by atoms with Crippen LogP contribution in [0.4, 0.5) is 0 Å². The van der Waals surface area contributed by atoms with Crippen LogP contribution in [0.5, 0.6) is 0 Å². The zero-order valence-electron chi connectivity index (χ0n) is 13.7. The van der Waals surface area contributed by atoms with Gasteiger partial charge in [0.15, 0.2) is 0 Å². The van der Waals surface area contributed by atoms with Crippen molar-refractivity contribution in [3.05, 3.63) is 64.1 Å². The molecule has 1 atom stereocenters. The van der Waals surface area contributed by atoms with Gasteiger partial charge in [-0.1, -0.05) is 35.3 Å². The van der Waals surface area contributed by atoms with Crippen molar-refractivity contribution in [2.24, 2.45) is 0 Å². The van der Waals surface area contributed by atoms with Gasteiger partial charge >= 0.3 is 0 Å². The fourth-order valence-corrected chi connectivity index (χ4v) is 3.57. The first kappa shape index (κ1) is 19.7. The van der Waals surface area contributed by atoms with Crippen LogP contribution in [-0.4, -0.2) is 32.2 Å². The van der Waals surface area contributed by atoms with Crippen LogP contribution in [0, 0.1) is 0 Å². The zero-order chi connectivity index (χ0) is 18.6. The largest absolute Gasteiger partial charge is 0.348 e. The van der Waals surface area contributed by atoms with Crippen molar-refractivity contribution >= 4 is 39.1 Å². The number of carbonyl (C=O) groups is 1. The SMILES string of the molecule is C[C@@H](NC(=O)CN(C)S(=O)(=O)c1ccc(Cl)cc1)c1ccc(Cl)cc1. The first-order valence-electron chi connectivity index (χ1n) is 7.47. The van der Waals surface area contributed by atoms with Crippen molar-refractivity contribution in [1.29, 1.82) is 0 Å². The van der Waals surface area contributed by atoms with Crippen molar-refractivity contribution in [3.63, 3.8) is 0 Å². The number of amides is 1. The summed E-state index contributed by atoms with van der Waals surface area (Å²) in [4.78, 5) is 12.3. The summed E-state index contributed by atoms with van der Waals surface area (Å²) in [6, 6.07) is 12.6. The van der Waals surface area contributed by atoms with E-state index in [1.807, 2.05) is 6.92 Å². The molecule has 2 aromatic carbocycles. The number of halogens is 2. The minimum atomic E-state index is -3.76. The summed E-state index contributed by atoms with van der Waals surface area (Å²) >= 11 is 11.6. The van der Waals surface area contributed by atoms with Crippen LogP contribution < -0.4 is 5.32 Å². The minimum Gasteiger partial charge on any atom is -0.348 e. The standard InChI is InChI=1S/C17H18Cl2N2O3S/c1-12(13-3-5-14(18)6-4-13)20-17(22)11-21(2)25(23,24)16-9-7-15(19)8-10-16/h3-10,12H,11H2,1-2H3,(H,20,22)/t12-/m1/s1. The topological polar surface area (TPSA) is 66.5 Å². The second-order valence-corrected chi connectivity index (χ2v) is 8.47. The van der Waals surface area contributed by atoms with E-state index >= 15 is 0 Å². The van der Waals surface area contributed by atoms with E-state index in [0.717, 1.165) is 9.87 Å². The Morgan fingerprint density at radius 1 is 1.04 bits per heavy atom. The van der Waals surface area contributed by atoms with E-state index in [2.05, 4.69) is 5.32 Å². The number of hydrogen-bond acceptors (Lipinski definition) is 3. The van der Waals surface area contributed by atoms with Crippen LogP contribution in [0.15, 0.2) is 53.4 Å². The molecule has 25 heavy (non-hydrogen) atoms. The van der Waals surface area contributed by atoms with E-state index < -0.39 is 15.9 Å². The molecule has 0 aliphatic carbocycles. The third-order valence-electron chi connectivity index (χ3n) is 3.64. The third-order valence-corrected chi connectivity index (χ3v) is 5.96. The Balaban J connectivity index is 2.01. The van der Waals surface area contributed by atoms with Gasteiger partial charge in [-0.2, -0.15) is 4.31 Å². The number of benzene rings is 2. The van der Waals surface area contributed by atoms with E-state index in [1.165, 1.54) is 31.3 Å². The molecule has 0 aliphatic rings. The fraction of sp³-hybridized carbons (Fsp3) is 0.235. The van der Waals surface area contributed by atoms with Gasteiger partial charge in [0.1, 0.15) is 0 Å². The molecule has 134 valence electrons. The van der Waals surface area contributed by atoms with Gasteiger partial charge in [0.2, 0.25) is 15.9 Å². The molecule has 5 nitrogen and oxygen atoms in total. The second-order valence-electron chi connectivity index (χ2n) is 5.56. The third kappa shape index (κ3) is 5.19. The summed E-state index contributed by atoms with van der Waals surface area (Å²) in [6.45, 7) is 1.53. The quantitative estimate of drug-likeness (QED) is 0.806. The Morgan fingerprint density at radius 2 is 1.52 bits per heavy atom. The first-order chi connectivity index (χ1) is 11.7. The van der Waals surface area contributed by atoms with Gasteiger partial charge in [0, 0.05) is 17.1 Å². The lowest BCUT2D eigenvalue weighted by molar-refractivity contribution is -0.121. The van der Waals surface area contributed by atoms with Gasteiger partial charge < -0.3 is 5.32 Å². The molecule has 2 rings (SSSR count). The summed E-state index contributed by atoms with van der Waals surface area (Å²) in [5.41, 5.74) is 0.876. The fourth-order valence-electron chi connectivity index (χ4n) is 2.20. The minimum absolute atomic E-state index is 0.0814. The van der Waals surface area contributed by atoms with Crippen molar-refractivity contribution in [1.82, 2.24) is 9.62 Å². The maximum Gasteiger partial charge on any atom is 0.243 e. The Morgan fingerprint density at radius 3 is 2.04 bits per heavy atom. The summed E-state index contributed by atoms with van der Waals surface area (Å²) in [6.07, 6.45) is 0. The van der Waals surface area contributed by atoms with Crippen molar-refractivity contribution in [2.75, 3.05) is 13.6 Å². The Bertz CT molecular complexity index is 837. The van der Waals surface area contributed by atoms with Crippen LogP contribution in [0.2, 0.25) is 10.0 Å².